The van der Waals surface area contributed by atoms with E-state index in [1.54, 1.807) is 0 Å². The van der Waals surface area contributed by atoms with Gasteiger partial charge in [0.15, 0.2) is 0 Å². The minimum Gasteiger partial charge on any atom is -0.493 e. The van der Waals surface area contributed by atoms with Gasteiger partial charge in [0.05, 0.1) is 12.7 Å². The van der Waals surface area contributed by atoms with Crippen molar-refractivity contribution in [3.05, 3.63) is 28.3 Å². The van der Waals surface area contributed by atoms with Gasteiger partial charge in [-0.15, -0.1) is 0 Å². The van der Waals surface area contributed by atoms with Gasteiger partial charge in [0.1, 0.15) is 5.75 Å². The Morgan fingerprint density at radius 3 is 3.05 bits per heavy atom. The molecule has 1 aliphatic heterocycles. The van der Waals surface area contributed by atoms with Crippen LogP contribution in [0.4, 0.5) is 0 Å². The van der Waals surface area contributed by atoms with Crippen molar-refractivity contribution in [3.63, 3.8) is 0 Å². The second-order valence-electron chi connectivity index (χ2n) is 6.62. The lowest BCUT2D eigenvalue weighted by Gasteiger charge is -2.32. The third-order valence-electron chi connectivity index (χ3n) is 5.20. The summed E-state index contributed by atoms with van der Waals surface area (Å²) in [6, 6.07) is 3.96. The van der Waals surface area contributed by atoms with Crippen molar-refractivity contribution in [2.75, 3.05) is 6.61 Å². The van der Waals surface area contributed by atoms with E-state index in [-0.39, 0.29) is 6.10 Å². The average molecular weight is 309 g/mol. The van der Waals surface area contributed by atoms with E-state index in [2.05, 4.69) is 6.92 Å². The first-order chi connectivity index (χ1) is 10.2. The number of fused-ring (bicyclic) bond motifs is 1. The summed E-state index contributed by atoms with van der Waals surface area (Å²) in [4.78, 5) is 0. The maximum absolute atomic E-state index is 10.7. The van der Waals surface area contributed by atoms with Crippen molar-refractivity contribution in [2.45, 2.75) is 58.0 Å². The van der Waals surface area contributed by atoms with Crippen LogP contribution >= 0.6 is 11.6 Å². The highest BCUT2D eigenvalue weighted by molar-refractivity contribution is 6.30. The molecule has 1 N–H and O–H groups in total. The molecule has 0 aromatic heterocycles. The van der Waals surface area contributed by atoms with Gasteiger partial charge in [-0.3, -0.25) is 0 Å². The summed E-state index contributed by atoms with van der Waals surface area (Å²) in [5.74, 6) is 2.20. The van der Waals surface area contributed by atoms with Gasteiger partial charge in [0.25, 0.3) is 0 Å². The van der Waals surface area contributed by atoms with Crippen LogP contribution in [0.2, 0.25) is 5.02 Å². The molecule has 1 aliphatic carbocycles. The fourth-order valence-corrected chi connectivity index (χ4v) is 4.21. The van der Waals surface area contributed by atoms with Gasteiger partial charge in [0, 0.05) is 17.9 Å². The number of halogens is 1. The van der Waals surface area contributed by atoms with Crippen molar-refractivity contribution in [1.29, 1.82) is 0 Å². The quantitative estimate of drug-likeness (QED) is 0.893. The second-order valence-corrected chi connectivity index (χ2v) is 7.06. The Hall–Kier alpha value is -0.730. The molecule has 1 aromatic rings. The standard InChI is InChI=1S/C18H25ClO2/c1-2-12-4-3-5-13(8-12)17(20)11-15-10-16(19)9-14-6-7-21-18(14)15/h9-10,12-13,17,20H,2-8,11H2,1H3. The van der Waals surface area contributed by atoms with Gasteiger partial charge < -0.3 is 9.84 Å². The minimum absolute atomic E-state index is 0.272. The van der Waals surface area contributed by atoms with Crippen LogP contribution in [0, 0.1) is 11.8 Å². The molecule has 0 radical (unpaired) electrons. The molecule has 1 heterocycles. The molecule has 1 saturated carbocycles. The summed E-state index contributed by atoms with van der Waals surface area (Å²) in [5, 5.41) is 11.4. The Kier molecular flexibility index (Phi) is 4.75. The number of hydrogen-bond acceptors (Lipinski definition) is 2. The number of aliphatic hydroxyl groups is 1. The molecular formula is C18H25ClO2. The Bertz CT molecular complexity index is 500. The summed E-state index contributed by atoms with van der Waals surface area (Å²) in [7, 11) is 0. The molecule has 3 heteroatoms. The van der Waals surface area contributed by atoms with Crippen LogP contribution in [-0.2, 0) is 12.8 Å². The smallest absolute Gasteiger partial charge is 0.126 e. The van der Waals surface area contributed by atoms with Crippen LogP contribution in [0.1, 0.15) is 50.2 Å². The summed E-state index contributed by atoms with van der Waals surface area (Å²) in [6.07, 6.45) is 7.47. The normalized spacial score (nSPS) is 26.2. The Balaban J connectivity index is 1.71. The van der Waals surface area contributed by atoms with Crippen LogP contribution in [0.15, 0.2) is 12.1 Å². The Morgan fingerprint density at radius 1 is 1.38 bits per heavy atom. The van der Waals surface area contributed by atoms with Crippen molar-refractivity contribution >= 4 is 11.6 Å². The average Bonchev–Trinajstić information content (AvgIpc) is 2.95. The van der Waals surface area contributed by atoms with E-state index in [4.69, 9.17) is 16.3 Å². The number of ether oxygens (including phenoxy) is 1. The number of benzene rings is 1. The van der Waals surface area contributed by atoms with E-state index in [1.807, 2.05) is 12.1 Å². The van der Waals surface area contributed by atoms with E-state index >= 15 is 0 Å². The molecule has 21 heavy (non-hydrogen) atoms. The van der Waals surface area contributed by atoms with Crippen LogP contribution in [0.3, 0.4) is 0 Å². The zero-order valence-electron chi connectivity index (χ0n) is 12.8. The molecule has 3 unspecified atom stereocenters. The molecule has 1 aromatic carbocycles. The molecule has 2 aliphatic rings. The SMILES string of the molecule is CCC1CCCC(C(O)Cc2cc(Cl)cc3c2OCC3)C1. The highest BCUT2D eigenvalue weighted by Gasteiger charge is 2.28. The Labute approximate surface area is 132 Å². The molecule has 3 atom stereocenters. The lowest BCUT2D eigenvalue weighted by molar-refractivity contribution is 0.0680. The first-order valence-corrected chi connectivity index (χ1v) is 8.67. The number of rotatable bonds is 4. The second kappa shape index (κ2) is 6.58. The molecule has 0 saturated heterocycles. The van der Waals surface area contributed by atoms with E-state index in [0.717, 1.165) is 41.7 Å². The van der Waals surface area contributed by atoms with Gasteiger partial charge in [-0.05, 0) is 47.9 Å². The lowest BCUT2D eigenvalue weighted by atomic mass is 9.76. The van der Waals surface area contributed by atoms with Crippen LogP contribution < -0.4 is 4.74 Å². The Morgan fingerprint density at radius 2 is 2.24 bits per heavy atom. The van der Waals surface area contributed by atoms with Crippen molar-refractivity contribution in [1.82, 2.24) is 0 Å². The number of aliphatic hydroxyl groups excluding tert-OH is 1. The maximum atomic E-state index is 10.7. The van der Waals surface area contributed by atoms with E-state index in [1.165, 1.54) is 31.2 Å². The summed E-state index contributed by atoms with van der Waals surface area (Å²) in [6.45, 7) is 3.00. The van der Waals surface area contributed by atoms with Crippen LogP contribution in [-0.4, -0.2) is 17.8 Å². The minimum atomic E-state index is -0.272. The molecule has 1 fully saturated rings. The van der Waals surface area contributed by atoms with Crippen molar-refractivity contribution in [2.24, 2.45) is 11.8 Å². The first-order valence-electron chi connectivity index (χ1n) is 8.29. The fourth-order valence-electron chi connectivity index (χ4n) is 3.94. The van der Waals surface area contributed by atoms with E-state index in [0.29, 0.717) is 12.3 Å². The molecule has 2 nitrogen and oxygen atoms in total. The predicted octanol–water partition coefficient (Wildman–Crippen LogP) is 4.39. The van der Waals surface area contributed by atoms with Crippen LogP contribution in [0.5, 0.6) is 5.75 Å². The largest absolute Gasteiger partial charge is 0.493 e. The van der Waals surface area contributed by atoms with Gasteiger partial charge in [-0.2, -0.15) is 0 Å². The summed E-state index contributed by atoms with van der Waals surface area (Å²) >= 11 is 6.21. The monoisotopic (exact) mass is 308 g/mol. The van der Waals surface area contributed by atoms with E-state index in [9.17, 15) is 5.11 Å². The number of hydrogen-bond donors (Lipinski definition) is 1. The topological polar surface area (TPSA) is 29.5 Å². The molecular weight excluding hydrogens is 284 g/mol. The maximum Gasteiger partial charge on any atom is 0.126 e. The zero-order valence-corrected chi connectivity index (χ0v) is 13.5. The first kappa shape index (κ1) is 15.2. The van der Waals surface area contributed by atoms with E-state index < -0.39 is 0 Å². The molecule has 116 valence electrons. The third kappa shape index (κ3) is 3.37. The zero-order chi connectivity index (χ0) is 14.8. The molecule has 0 bridgehead atoms. The molecule has 3 rings (SSSR count). The van der Waals surface area contributed by atoms with Gasteiger partial charge in [0.2, 0.25) is 0 Å². The van der Waals surface area contributed by atoms with Crippen molar-refractivity contribution in [3.8, 4) is 5.75 Å². The lowest BCUT2D eigenvalue weighted by Crippen LogP contribution is -2.28. The third-order valence-corrected chi connectivity index (χ3v) is 5.42. The van der Waals surface area contributed by atoms with Gasteiger partial charge in [-0.25, -0.2) is 0 Å². The van der Waals surface area contributed by atoms with Crippen LogP contribution in [0.25, 0.3) is 0 Å². The molecule has 0 amide bonds. The van der Waals surface area contributed by atoms with Gasteiger partial charge >= 0.3 is 0 Å². The fraction of sp³-hybridized carbons (Fsp3) is 0.667. The van der Waals surface area contributed by atoms with Gasteiger partial charge in [-0.1, -0.05) is 37.8 Å². The van der Waals surface area contributed by atoms with Crippen molar-refractivity contribution < 1.29 is 9.84 Å². The highest BCUT2D eigenvalue weighted by Crippen LogP contribution is 2.37. The predicted molar refractivity (Wildman–Crippen MR) is 86.1 cm³/mol. The summed E-state index contributed by atoms with van der Waals surface area (Å²) < 4.78 is 5.75. The highest BCUT2D eigenvalue weighted by atomic mass is 35.5. The molecule has 0 spiro atoms. The summed E-state index contributed by atoms with van der Waals surface area (Å²) in [5.41, 5.74) is 2.28.